The van der Waals surface area contributed by atoms with Gasteiger partial charge in [0.05, 0.1) is 24.1 Å². The average Bonchev–Trinajstić information content (AvgIpc) is 3.14. The summed E-state index contributed by atoms with van der Waals surface area (Å²) in [5, 5.41) is 3.52. The fraction of sp³-hybridized carbons (Fsp3) is 0.289. The van der Waals surface area contributed by atoms with Gasteiger partial charge in [0.15, 0.2) is 0 Å². The minimum atomic E-state index is -0.792. The number of terminal acetylenes is 1. The molecule has 1 heterocycles. The second-order valence-electron chi connectivity index (χ2n) is 11.6. The zero-order valence-corrected chi connectivity index (χ0v) is 26.4. The summed E-state index contributed by atoms with van der Waals surface area (Å²) in [5.74, 6) is 2.77. The van der Waals surface area contributed by atoms with Crippen molar-refractivity contribution in [1.82, 2.24) is 10.2 Å². The van der Waals surface area contributed by atoms with Crippen LogP contribution in [0.1, 0.15) is 73.6 Å². The second kappa shape index (κ2) is 14.1. The van der Waals surface area contributed by atoms with Gasteiger partial charge in [-0.25, -0.2) is 4.39 Å². The van der Waals surface area contributed by atoms with Crippen LogP contribution in [0.15, 0.2) is 108 Å². The van der Waals surface area contributed by atoms with Crippen LogP contribution in [0.5, 0.6) is 5.75 Å². The van der Waals surface area contributed by atoms with Gasteiger partial charge >= 0.3 is 0 Å². The van der Waals surface area contributed by atoms with Crippen molar-refractivity contribution in [3.63, 3.8) is 0 Å². The summed E-state index contributed by atoms with van der Waals surface area (Å²) in [4.78, 5) is 15.9. The maximum atomic E-state index is 15.2. The fourth-order valence-corrected chi connectivity index (χ4v) is 5.28. The van der Waals surface area contributed by atoms with Crippen molar-refractivity contribution in [1.29, 1.82) is 0 Å². The van der Waals surface area contributed by atoms with Gasteiger partial charge in [-0.2, -0.15) is 0 Å². The topological polar surface area (TPSA) is 50.8 Å². The first-order valence-corrected chi connectivity index (χ1v) is 14.9. The van der Waals surface area contributed by atoms with Crippen LogP contribution in [0.3, 0.4) is 0 Å². The lowest BCUT2D eigenvalue weighted by molar-refractivity contribution is 0.0724. The standard InChI is InChI=1S/C38H41FN2O3/c1-8-16-32-34(9-2)41(37(42)30-19-14-15-20-31(30)39)35(36(43-7)33(40-32)24-38(5,6)10-3)29-22-21-28(23-26(29)4)44-25-27-17-12-11-13-18-27/h2,8,11-23,35,40H,10,24-25H2,1,3-7H3/b16-8-. The molecule has 1 unspecified atom stereocenters. The van der Waals surface area contributed by atoms with Crippen LogP contribution < -0.4 is 10.1 Å². The maximum absolute atomic E-state index is 15.2. The van der Waals surface area contributed by atoms with Crippen molar-refractivity contribution < 1.29 is 18.7 Å². The molecule has 228 valence electrons. The highest BCUT2D eigenvalue weighted by Gasteiger charge is 2.40. The molecule has 1 aliphatic rings. The molecule has 44 heavy (non-hydrogen) atoms. The van der Waals surface area contributed by atoms with E-state index in [1.807, 2.05) is 74.5 Å². The Labute approximate surface area is 261 Å². The Balaban J connectivity index is 1.95. The van der Waals surface area contributed by atoms with Gasteiger partial charge in [0.25, 0.3) is 5.91 Å². The summed E-state index contributed by atoms with van der Waals surface area (Å²) in [6.07, 6.45) is 11.4. The summed E-state index contributed by atoms with van der Waals surface area (Å²) in [5.41, 5.74) is 4.16. The summed E-state index contributed by atoms with van der Waals surface area (Å²) in [7, 11) is 1.59. The highest BCUT2D eigenvalue weighted by molar-refractivity contribution is 5.97. The summed E-state index contributed by atoms with van der Waals surface area (Å²) >= 11 is 0. The molecule has 1 N–H and O–H groups in total. The van der Waals surface area contributed by atoms with Crippen molar-refractivity contribution in [3.8, 4) is 18.1 Å². The number of amides is 1. The summed E-state index contributed by atoms with van der Waals surface area (Å²) in [6.45, 7) is 10.8. The Kier molecular flexibility index (Phi) is 10.3. The van der Waals surface area contributed by atoms with E-state index in [0.717, 1.165) is 28.8 Å². The molecule has 0 saturated heterocycles. The van der Waals surface area contributed by atoms with Crippen molar-refractivity contribution in [2.45, 2.75) is 60.1 Å². The first-order chi connectivity index (χ1) is 21.1. The Bertz CT molecular complexity index is 1630. The van der Waals surface area contributed by atoms with Crippen LogP contribution in [-0.2, 0) is 11.3 Å². The highest BCUT2D eigenvalue weighted by atomic mass is 19.1. The van der Waals surface area contributed by atoms with E-state index in [-0.39, 0.29) is 16.7 Å². The van der Waals surface area contributed by atoms with E-state index in [4.69, 9.17) is 15.9 Å². The van der Waals surface area contributed by atoms with E-state index in [1.165, 1.54) is 17.0 Å². The maximum Gasteiger partial charge on any atom is 0.262 e. The van der Waals surface area contributed by atoms with Crippen molar-refractivity contribution in [2.24, 2.45) is 5.41 Å². The van der Waals surface area contributed by atoms with E-state index in [1.54, 1.807) is 19.2 Å². The molecule has 0 aliphatic carbocycles. The Morgan fingerprint density at radius 3 is 2.43 bits per heavy atom. The molecule has 3 aromatic carbocycles. The number of hydrogen-bond acceptors (Lipinski definition) is 4. The molecule has 0 saturated carbocycles. The number of carbonyl (C=O) groups is 1. The van der Waals surface area contributed by atoms with Crippen molar-refractivity contribution >= 4 is 5.91 Å². The van der Waals surface area contributed by atoms with Crippen LogP contribution in [0.25, 0.3) is 0 Å². The number of carbonyl (C=O) groups excluding carboxylic acids is 1. The molecule has 5 nitrogen and oxygen atoms in total. The lowest BCUT2D eigenvalue weighted by Gasteiger charge is -2.34. The van der Waals surface area contributed by atoms with Gasteiger partial charge in [0.1, 0.15) is 35.7 Å². The summed E-state index contributed by atoms with van der Waals surface area (Å²) in [6, 6.07) is 20.8. The van der Waals surface area contributed by atoms with E-state index in [0.29, 0.717) is 30.2 Å². The molecule has 0 bridgehead atoms. The molecule has 0 radical (unpaired) electrons. The number of rotatable bonds is 10. The van der Waals surface area contributed by atoms with E-state index in [9.17, 15) is 4.79 Å². The highest BCUT2D eigenvalue weighted by Crippen LogP contribution is 2.42. The molecule has 1 atom stereocenters. The van der Waals surface area contributed by atoms with E-state index in [2.05, 4.69) is 32.0 Å². The van der Waals surface area contributed by atoms with E-state index < -0.39 is 17.8 Å². The van der Waals surface area contributed by atoms with Crippen molar-refractivity contribution in [3.05, 3.63) is 136 Å². The molecule has 6 heteroatoms. The largest absolute Gasteiger partial charge is 0.497 e. The predicted octanol–water partition coefficient (Wildman–Crippen LogP) is 8.61. The van der Waals surface area contributed by atoms with Crippen molar-refractivity contribution in [2.75, 3.05) is 7.11 Å². The molecule has 3 aromatic rings. The number of halogens is 1. The first-order valence-electron chi connectivity index (χ1n) is 14.9. The molecule has 0 aromatic heterocycles. The number of allylic oxidation sites excluding steroid dienone is 4. The van der Waals surface area contributed by atoms with Crippen LogP contribution >= 0.6 is 0 Å². The first kappa shape index (κ1) is 32.2. The monoisotopic (exact) mass is 592 g/mol. The minimum Gasteiger partial charge on any atom is -0.497 e. The minimum absolute atomic E-state index is 0.0849. The quantitative estimate of drug-likeness (QED) is 0.240. The van der Waals surface area contributed by atoms with Crippen LogP contribution in [-0.4, -0.2) is 17.9 Å². The Hall–Kier alpha value is -4.76. The number of aryl methyl sites for hydroxylation is 1. The van der Waals surface area contributed by atoms with Crippen LogP contribution in [0.4, 0.5) is 4.39 Å². The lowest BCUT2D eigenvalue weighted by atomic mass is 9.84. The third-order valence-corrected chi connectivity index (χ3v) is 8.00. The van der Waals surface area contributed by atoms with Gasteiger partial charge in [0.2, 0.25) is 0 Å². The number of methoxy groups -OCH3 is 1. The SMILES string of the molecule is C#CC1=C(/C=C\C)NC(CC(C)(C)CC)=C(OC)C(c2ccc(OCc3ccccc3)cc2C)N1C(=O)c1ccccc1F. The van der Waals surface area contributed by atoms with Gasteiger partial charge in [-0.15, -0.1) is 6.42 Å². The molecule has 0 spiro atoms. The number of nitrogens with one attached hydrogen (secondary N) is 1. The zero-order chi connectivity index (χ0) is 31.9. The Morgan fingerprint density at radius 1 is 1.11 bits per heavy atom. The third kappa shape index (κ3) is 7.06. The van der Waals surface area contributed by atoms with Gasteiger partial charge in [-0.05, 0) is 78.6 Å². The number of ether oxygens (including phenoxy) is 2. The smallest absolute Gasteiger partial charge is 0.262 e. The third-order valence-electron chi connectivity index (χ3n) is 8.00. The molecule has 1 amide bonds. The van der Waals surface area contributed by atoms with Crippen LogP contribution in [0, 0.1) is 30.5 Å². The summed E-state index contributed by atoms with van der Waals surface area (Å²) < 4.78 is 27.5. The van der Waals surface area contributed by atoms with E-state index >= 15 is 4.39 Å². The predicted molar refractivity (Wildman–Crippen MR) is 174 cm³/mol. The molecule has 0 fully saturated rings. The van der Waals surface area contributed by atoms with Crippen LogP contribution in [0.2, 0.25) is 0 Å². The molecular formula is C38H41FN2O3. The number of hydrogen-bond donors (Lipinski definition) is 1. The Morgan fingerprint density at radius 2 is 1.82 bits per heavy atom. The second-order valence-corrected chi connectivity index (χ2v) is 11.6. The van der Waals surface area contributed by atoms with Gasteiger partial charge in [-0.1, -0.05) is 81.8 Å². The molecule has 4 rings (SSSR count). The van der Waals surface area contributed by atoms with Gasteiger partial charge < -0.3 is 14.8 Å². The normalized spacial score (nSPS) is 15.6. The average molecular weight is 593 g/mol. The fourth-order valence-electron chi connectivity index (χ4n) is 5.28. The van der Waals surface area contributed by atoms with Gasteiger partial charge in [0, 0.05) is 0 Å². The van der Waals surface area contributed by atoms with Gasteiger partial charge in [-0.3, -0.25) is 9.69 Å². The molecular weight excluding hydrogens is 551 g/mol. The molecule has 1 aliphatic heterocycles. The number of nitrogens with zero attached hydrogens (tertiary/aromatic N) is 1. The number of benzene rings is 3. The zero-order valence-electron chi connectivity index (χ0n) is 26.4. The lowest BCUT2D eigenvalue weighted by Crippen LogP contribution is -2.36.